The zero-order valence-corrected chi connectivity index (χ0v) is 13.1. The molecule has 2 rings (SSSR count). The van der Waals surface area contributed by atoms with Crippen molar-refractivity contribution in [3.63, 3.8) is 0 Å². The van der Waals surface area contributed by atoms with E-state index in [1.165, 1.54) is 24.3 Å². The van der Waals surface area contributed by atoms with Crippen LogP contribution in [-0.2, 0) is 15.1 Å². The third kappa shape index (κ3) is 3.55. The predicted molar refractivity (Wildman–Crippen MR) is 80.9 cm³/mol. The van der Waals surface area contributed by atoms with Gasteiger partial charge in [-0.2, -0.15) is 13.2 Å². The van der Waals surface area contributed by atoms with Crippen molar-refractivity contribution < 1.29 is 27.8 Å². The van der Waals surface area contributed by atoms with Gasteiger partial charge in [0.15, 0.2) is 0 Å². The molecule has 0 bridgehead atoms. The third-order valence-electron chi connectivity index (χ3n) is 4.55. The SMILES string of the molecule is NCC1(C(=O)NCC(O)(c2ccccc2)C(F)(F)F)CCOCC1. The number of nitrogens with one attached hydrogen (secondary N) is 1. The minimum absolute atomic E-state index is 0.0119. The van der Waals surface area contributed by atoms with Crippen molar-refractivity contribution in [1.29, 1.82) is 0 Å². The minimum Gasteiger partial charge on any atom is -0.381 e. The normalized spacial score (nSPS) is 20.2. The number of ether oxygens (including phenoxy) is 1. The van der Waals surface area contributed by atoms with Crippen LogP contribution in [0.25, 0.3) is 0 Å². The van der Waals surface area contributed by atoms with Gasteiger partial charge in [-0.05, 0) is 18.4 Å². The molecule has 4 N–H and O–H groups in total. The summed E-state index contributed by atoms with van der Waals surface area (Å²) in [7, 11) is 0. The molecule has 5 nitrogen and oxygen atoms in total. The van der Waals surface area contributed by atoms with Gasteiger partial charge < -0.3 is 20.9 Å². The van der Waals surface area contributed by atoms with Crippen molar-refractivity contribution in [1.82, 2.24) is 5.32 Å². The van der Waals surface area contributed by atoms with Gasteiger partial charge in [-0.25, -0.2) is 0 Å². The number of benzene rings is 1. The first-order chi connectivity index (χ1) is 11.3. The van der Waals surface area contributed by atoms with E-state index in [1.54, 1.807) is 6.07 Å². The highest BCUT2D eigenvalue weighted by molar-refractivity contribution is 5.83. The Hall–Kier alpha value is -1.64. The molecular formula is C16H21F3N2O3. The van der Waals surface area contributed by atoms with E-state index in [4.69, 9.17) is 10.5 Å². The average molecular weight is 346 g/mol. The van der Waals surface area contributed by atoms with E-state index in [-0.39, 0.29) is 12.1 Å². The maximum absolute atomic E-state index is 13.4. The van der Waals surface area contributed by atoms with Crippen molar-refractivity contribution in [2.75, 3.05) is 26.3 Å². The predicted octanol–water partition coefficient (Wildman–Crippen LogP) is 1.31. The molecule has 1 amide bonds. The first-order valence-corrected chi connectivity index (χ1v) is 7.66. The number of carbonyl (C=O) groups excluding carboxylic acids is 1. The molecular weight excluding hydrogens is 325 g/mol. The topological polar surface area (TPSA) is 84.6 Å². The lowest BCUT2D eigenvalue weighted by atomic mass is 9.79. The van der Waals surface area contributed by atoms with Gasteiger partial charge in [0, 0.05) is 19.8 Å². The molecule has 24 heavy (non-hydrogen) atoms. The molecule has 0 spiro atoms. The zero-order chi connectivity index (χ0) is 17.8. The van der Waals surface area contributed by atoms with Gasteiger partial charge in [-0.3, -0.25) is 4.79 Å². The number of nitrogens with two attached hydrogens (primary N) is 1. The van der Waals surface area contributed by atoms with Crippen molar-refractivity contribution in [2.45, 2.75) is 24.6 Å². The molecule has 1 fully saturated rings. The fourth-order valence-corrected chi connectivity index (χ4v) is 2.76. The van der Waals surface area contributed by atoms with Crippen LogP contribution in [0.1, 0.15) is 18.4 Å². The summed E-state index contributed by atoms with van der Waals surface area (Å²) in [6.45, 7) is -0.306. The van der Waals surface area contributed by atoms with Crippen LogP contribution in [0.2, 0.25) is 0 Å². The van der Waals surface area contributed by atoms with Crippen LogP contribution in [0.15, 0.2) is 30.3 Å². The Labute approximate surface area is 138 Å². The lowest BCUT2D eigenvalue weighted by Crippen LogP contribution is -2.55. The third-order valence-corrected chi connectivity index (χ3v) is 4.55. The Balaban J connectivity index is 2.18. The summed E-state index contributed by atoms with van der Waals surface area (Å²) in [5.74, 6) is -0.591. The van der Waals surface area contributed by atoms with Crippen LogP contribution < -0.4 is 11.1 Å². The number of rotatable bonds is 5. The summed E-state index contributed by atoms with van der Waals surface area (Å²) in [6.07, 6.45) is -4.26. The van der Waals surface area contributed by atoms with Crippen molar-refractivity contribution in [2.24, 2.45) is 11.1 Å². The summed E-state index contributed by atoms with van der Waals surface area (Å²) < 4.78 is 45.4. The summed E-state index contributed by atoms with van der Waals surface area (Å²) in [4.78, 5) is 12.4. The van der Waals surface area contributed by atoms with E-state index in [2.05, 4.69) is 5.32 Å². The van der Waals surface area contributed by atoms with Gasteiger partial charge in [-0.15, -0.1) is 0 Å². The molecule has 1 aliphatic heterocycles. The van der Waals surface area contributed by atoms with E-state index in [1.807, 2.05) is 0 Å². The van der Waals surface area contributed by atoms with E-state index in [0.29, 0.717) is 26.1 Å². The number of alkyl halides is 3. The minimum atomic E-state index is -4.94. The Morgan fingerprint density at radius 2 is 1.83 bits per heavy atom. The molecule has 0 aromatic heterocycles. The number of amides is 1. The maximum atomic E-state index is 13.4. The molecule has 8 heteroatoms. The molecule has 134 valence electrons. The van der Waals surface area contributed by atoms with Crippen LogP contribution in [0.3, 0.4) is 0 Å². The summed E-state index contributed by atoms with van der Waals surface area (Å²) in [6, 6.07) is 6.69. The quantitative estimate of drug-likeness (QED) is 0.751. The molecule has 0 radical (unpaired) electrons. The second-order valence-electron chi connectivity index (χ2n) is 6.00. The van der Waals surface area contributed by atoms with Gasteiger partial charge >= 0.3 is 6.18 Å². The fourth-order valence-electron chi connectivity index (χ4n) is 2.76. The number of aliphatic hydroxyl groups is 1. The van der Waals surface area contributed by atoms with Crippen molar-refractivity contribution in [3.8, 4) is 0 Å². The molecule has 1 aromatic carbocycles. The number of carbonyl (C=O) groups is 1. The fraction of sp³-hybridized carbons (Fsp3) is 0.562. The van der Waals surface area contributed by atoms with E-state index >= 15 is 0 Å². The summed E-state index contributed by atoms with van der Waals surface area (Å²) in [5.41, 5.74) is 1.23. The Morgan fingerprint density at radius 1 is 1.25 bits per heavy atom. The molecule has 1 saturated heterocycles. The van der Waals surface area contributed by atoms with Gasteiger partial charge in [-0.1, -0.05) is 30.3 Å². The van der Waals surface area contributed by atoms with Crippen molar-refractivity contribution >= 4 is 5.91 Å². The molecule has 1 aromatic rings. The van der Waals surface area contributed by atoms with Crippen LogP contribution in [-0.4, -0.2) is 43.5 Å². The molecule has 1 aliphatic rings. The van der Waals surface area contributed by atoms with Gasteiger partial charge in [0.05, 0.1) is 12.0 Å². The largest absolute Gasteiger partial charge is 0.423 e. The Morgan fingerprint density at radius 3 is 2.33 bits per heavy atom. The highest BCUT2D eigenvalue weighted by Gasteiger charge is 2.55. The lowest BCUT2D eigenvalue weighted by molar-refractivity contribution is -0.264. The summed E-state index contributed by atoms with van der Waals surface area (Å²) in [5, 5.41) is 12.5. The highest BCUT2D eigenvalue weighted by Crippen LogP contribution is 2.39. The second-order valence-corrected chi connectivity index (χ2v) is 6.00. The average Bonchev–Trinajstić information content (AvgIpc) is 2.59. The van der Waals surface area contributed by atoms with Crippen LogP contribution >= 0.6 is 0 Å². The number of hydrogen-bond donors (Lipinski definition) is 3. The van der Waals surface area contributed by atoms with Crippen LogP contribution in [0, 0.1) is 5.41 Å². The first kappa shape index (κ1) is 18.7. The van der Waals surface area contributed by atoms with Gasteiger partial charge in [0.1, 0.15) is 0 Å². The Kier molecular flexibility index (Phi) is 5.52. The van der Waals surface area contributed by atoms with E-state index in [9.17, 15) is 23.1 Å². The standard InChI is InChI=1S/C16H21F3N2O3/c17-16(18,19)15(23,12-4-2-1-3-5-12)11-21-13(22)14(10-20)6-8-24-9-7-14/h1-5,23H,6-11,20H2,(H,21,22). The van der Waals surface area contributed by atoms with Gasteiger partial charge in [0.2, 0.25) is 11.5 Å². The first-order valence-electron chi connectivity index (χ1n) is 7.66. The number of halogens is 3. The van der Waals surface area contributed by atoms with E-state index in [0.717, 1.165) is 0 Å². The smallest absolute Gasteiger partial charge is 0.381 e. The van der Waals surface area contributed by atoms with E-state index < -0.39 is 29.6 Å². The second kappa shape index (κ2) is 7.08. The zero-order valence-electron chi connectivity index (χ0n) is 13.1. The molecule has 1 heterocycles. The molecule has 1 unspecified atom stereocenters. The Bertz CT molecular complexity index is 559. The summed E-state index contributed by atoms with van der Waals surface area (Å²) >= 11 is 0. The maximum Gasteiger partial charge on any atom is 0.423 e. The molecule has 0 aliphatic carbocycles. The number of hydrogen-bond acceptors (Lipinski definition) is 4. The highest BCUT2D eigenvalue weighted by atomic mass is 19.4. The van der Waals surface area contributed by atoms with Crippen LogP contribution in [0.5, 0.6) is 0 Å². The van der Waals surface area contributed by atoms with Crippen LogP contribution in [0.4, 0.5) is 13.2 Å². The van der Waals surface area contributed by atoms with Crippen molar-refractivity contribution in [3.05, 3.63) is 35.9 Å². The van der Waals surface area contributed by atoms with Gasteiger partial charge in [0.25, 0.3) is 0 Å². The molecule has 0 saturated carbocycles. The monoisotopic (exact) mass is 346 g/mol. The lowest BCUT2D eigenvalue weighted by Gasteiger charge is -2.37. The molecule has 1 atom stereocenters.